The summed E-state index contributed by atoms with van der Waals surface area (Å²) in [6, 6.07) is 13.8. The predicted octanol–water partition coefficient (Wildman–Crippen LogP) is 3.83. The molecule has 7 nitrogen and oxygen atoms in total. The number of hydrogen-bond donors (Lipinski definition) is 1. The van der Waals surface area contributed by atoms with E-state index in [1.807, 2.05) is 0 Å². The maximum atomic E-state index is 12.3. The van der Waals surface area contributed by atoms with Gasteiger partial charge in [0, 0.05) is 12.0 Å². The quantitative estimate of drug-likeness (QED) is 0.279. The minimum Gasteiger partial charge on any atom is -0.494 e. The number of amides is 1. The van der Waals surface area contributed by atoms with Crippen LogP contribution in [0.15, 0.2) is 48.5 Å². The van der Waals surface area contributed by atoms with Gasteiger partial charge in [0.2, 0.25) is 0 Å². The molecule has 0 saturated carbocycles. The Morgan fingerprint density at radius 1 is 0.903 bits per heavy atom. The van der Waals surface area contributed by atoms with Gasteiger partial charge in [-0.05, 0) is 48.4 Å². The summed E-state index contributed by atoms with van der Waals surface area (Å²) in [6.45, 7) is 2.62. The normalized spacial score (nSPS) is 10.4. The van der Waals surface area contributed by atoms with Crippen LogP contribution in [0, 0.1) is 0 Å². The highest BCUT2D eigenvalue weighted by atomic mass is 16.5. The van der Waals surface area contributed by atoms with Crippen LogP contribution in [0.4, 0.5) is 0 Å². The number of unbranched alkanes of at least 4 members (excludes halogenated alkanes) is 2. The molecule has 0 aliphatic rings. The van der Waals surface area contributed by atoms with E-state index in [-0.39, 0.29) is 31.8 Å². The van der Waals surface area contributed by atoms with Gasteiger partial charge in [0.05, 0.1) is 13.0 Å². The van der Waals surface area contributed by atoms with Crippen LogP contribution < -0.4 is 15.2 Å². The highest BCUT2D eigenvalue weighted by Gasteiger charge is 2.11. The molecule has 0 aromatic heterocycles. The second-order valence-electron chi connectivity index (χ2n) is 7.07. The average Bonchev–Trinajstić information content (AvgIpc) is 2.78. The molecule has 2 N–H and O–H groups in total. The van der Waals surface area contributed by atoms with Crippen molar-refractivity contribution >= 4 is 17.7 Å². The number of ketones is 1. The van der Waals surface area contributed by atoms with Gasteiger partial charge in [0.25, 0.3) is 5.91 Å². The summed E-state index contributed by atoms with van der Waals surface area (Å²) in [5, 5.41) is 0. The molecular weight excluding hydrogens is 398 g/mol. The van der Waals surface area contributed by atoms with Crippen LogP contribution >= 0.6 is 0 Å². The molecule has 7 heteroatoms. The van der Waals surface area contributed by atoms with Crippen molar-refractivity contribution in [2.45, 2.75) is 45.6 Å². The zero-order chi connectivity index (χ0) is 22.5. The topological polar surface area (TPSA) is 105 Å². The van der Waals surface area contributed by atoms with Crippen molar-refractivity contribution in [2.75, 3.05) is 13.2 Å². The first-order chi connectivity index (χ1) is 15.0. The molecule has 0 heterocycles. The van der Waals surface area contributed by atoms with E-state index in [1.54, 1.807) is 48.5 Å². The molecule has 166 valence electrons. The molecule has 2 aromatic carbocycles. The van der Waals surface area contributed by atoms with E-state index in [0.717, 1.165) is 25.0 Å². The summed E-state index contributed by atoms with van der Waals surface area (Å²) in [5.41, 5.74) is 6.29. The van der Waals surface area contributed by atoms with E-state index >= 15 is 0 Å². The number of primary amides is 1. The molecule has 0 aliphatic heterocycles. The SMILES string of the molecule is CCCCCOc1ccc(C(=O)CCC(=O)OCc2cccc(OCC(N)=O)c2)cc1. The number of carbonyl (C=O) groups is 3. The van der Waals surface area contributed by atoms with Crippen molar-refractivity contribution < 1.29 is 28.6 Å². The Hall–Kier alpha value is -3.35. The lowest BCUT2D eigenvalue weighted by Crippen LogP contribution is -2.20. The fourth-order valence-corrected chi connectivity index (χ4v) is 2.75. The van der Waals surface area contributed by atoms with Crippen molar-refractivity contribution in [3.05, 3.63) is 59.7 Å². The van der Waals surface area contributed by atoms with Crippen molar-refractivity contribution in [1.29, 1.82) is 0 Å². The van der Waals surface area contributed by atoms with Crippen LogP contribution in [-0.2, 0) is 20.9 Å². The summed E-state index contributed by atoms with van der Waals surface area (Å²) in [6.07, 6.45) is 3.32. The third-order valence-corrected chi connectivity index (χ3v) is 4.43. The molecule has 1 amide bonds. The van der Waals surface area contributed by atoms with Gasteiger partial charge in [-0.3, -0.25) is 14.4 Å². The molecular formula is C24H29NO6. The van der Waals surface area contributed by atoms with Gasteiger partial charge in [-0.15, -0.1) is 0 Å². The molecule has 0 bridgehead atoms. The van der Waals surface area contributed by atoms with Crippen LogP contribution in [0.2, 0.25) is 0 Å². The molecule has 0 saturated heterocycles. The summed E-state index contributed by atoms with van der Waals surface area (Å²) in [5.74, 6) is 0.0223. The Labute approximate surface area is 182 Å². The monoisotopic (exact) mass is 427 g/mol. The van der Waals surface area contributed by atoms with E-state index in [0.29, 0.717) is 23.5 Å². The third-order valence-electron chi connectivity index (χ3n) is 4.43. The number of rotatable bonds is 14. The first kappa shape index (κ1) is 23.9. The summed E-state index contributed by atoms with van der Waals surface area (Å²) >= 11 is 0. The molecule has 31 heavy (non-hydrogen) atoms. The summed E-state index contributed by atoms with van der Waals surface area (Å²) in [4.78, 5) is 35.1. The molecule has 2 aromatic rings. The van der Waals surface area contributed by atoms with Crippen molar-refractivity contribution in [1.82, 2.24) is 0 Å². The lowest BCUT2D eigenvalue weighted by Gasteiger charge is -2.08. The van der Waals surface area contributed by atoms with Crippen molar-refractivity contribution in [3.63, 3.8) is 0 Å². The molecule has 2 rings (SSSR count). The lowest BCUT2D eigenvalue weighted by atomic mass is 10.1. The van der Waals surface area contributed by atoms with Gasteiger partial charge in [-0.1, -0.05) is 31.9 Å². The maximum absolute atomic E-state index is 12.3. The van der Waals surface area contributed by atoms with E-state index in [9.17, 15) is 14.4 Å². The summed E-state index contributed by atoms with van der Waals surface area (Å²) < 4.78 is 16.1. The fraction of sp³-hybridized carbons (Fsp3) is 0.375. The maximum Gasteiger partial charge on any atom is 0.306 e. The highest BCUT2D eigenvalue weighted by molar-refractivity contribution is 5.97. The Morgan fingerprint density at radius 3 is 2.39 bits per heavy atom. The number of esters is 1. The molecule has 0 radical (unpaired) electrons. The summed E-state index contributed by atoms with van der Waals surface area (Å²) in [7, 11) is 0. The van der Waals surface area contributed by atoms with Crippen molar-refractivity contribution in [3.8, 4) is 11.5 Å². The van der Waals surface area contributed by atoms with Gasteiger partial charge in [0.15, 0.2) is 12.4 Å². The van der Waals surface area contributed by atoms with Crippen LogP contribution in [0.1, 0.15) is 54.9 Å². The Balaban J connectivity index is 1.72. The second kappa shape index (κ2) is 13.1. The molecule has 0 atom stereocenters. The van der Waals surface area contributed by atoms with E-state index in [2.05, 4.69) is 6.92 Å². The Morgan fingerprint density at radius 2 is 1.68 bits per heavy atom. The molecule has 0 unspecified atom stereocenters. The predicted molar refractivity (Wildman–Crippen MR) is 116 cm³/mol. The fourth-order valence-electron chi connectivity index (χ4n) is 2.75. The van der Waals surface area contributed by atoms with Gasteiger partial charge in [-0.2, -0.15) is 0 Å². The number of ether oxygens (including phenoxy) is 3. The third kappa shape index (κ3) is 9.33. The van der Waals surface area contributed by atoms with Crippen molar-refractivity contribution in [2.24, 2.45) is 5.73 Å². The van der Waals surface area contributed by atoms with Crippen LogP contribution in [0.3, 0.4) is 0 Å². The van der Waals surface area contributed by atoms with Gasteiger partial charge in [0.1, 0.15) is 18.1 Å². The van der Waals surface area contributed by atoms with Crippen LogP contribution in [0.25, 0.3) is 0 Å². The van der Waals surface area contributed by atoms with E-state index in [1.165, 1.54) is 0 Å². The largest absolute Gasteiger partial charge is 0.494 e. The van der Waals surface area contributed by atoms with Crippen LogP contribution in [0.5, 0.6) is 11.5 Å². The average molecular weight is 427 g/mol. The van der Waals surface area contributed by atoms with Gasteiger partial charge >= 0.3 is 5.97 Å². The zero-order valence-corrected chi connectivity index (χ0v) is 17.8. The second-order valence-corrected chi connectivity index (χ2v) is 7.07. The van der Waals surface area contributed by atoms with Crippen LogP contribution in [-0.4, -0.2) is 30.9 Å². The van der Waals surface area contributed by atoms with E-state index < -0.39 is 11.9 Å². The van der Waals surface area contributed by atoms with Gasteiger partial charge in [-0.25, -0.2) is 0 Å². The number of benzene rings is 2. The minimum atomic E-state index is -0.573. The minimum absolute atomic E-state index is 0.00797. The number of nitrogens with two attached hydrogens (primary N) is 1. The van der Waals surface area contributed by atoms with E-state index in [4.69, 9.17) is 19.9 Å². The first-order valence-corrected chi connectivity index (χ1v) is 10.4. The molecule has 0 fully saturated rings. The zero-order valence-electron chi connectivity index (χ0n) is 17.8. The lowest BCUT2D eigenvalue weighted by molar-refractivity contribution is -0.144. The number of Topliss-reactive ketones (excluding diaryl/α,β-unsaturated/α-hetero) is 1. The van der Waals surface area contributed by atoms with Gasteiger partial charge < -0.3 is 19.9 Å². The first-order valence-electron chi connectivity index (χ1n) is 10.4. The standard InChI is InChI=1S/C24H29NO6/c1-2-3-4-14-29-20-10-8-19(9-11-20)22(26)12-13-24(28)31-16-18-6-5-7-21(15-18)30-17-23(25)27/h5-11,15H,2-4,12-14,16-17H2,1H3,(H2,25,27). The highest BCUT2D eigenvalue weighted by Crippen LogP contribution is 2.16. The Bertz CT molecular complexity index is 863. The molecule has 0 spiro atoms. The molecule has 0 aliphatic carbocycles. The number of carbonyl (C=O) groups excluding carboxylic acids is 3. The Kier molecular flexibility index (Phi) is 10.1. The smallest absolute Gasteiger partial charge is 0.306 e. The number of hydrogen-bond acceptors (Lipinski definition) is 6.